The maximum absolute atomic E-state index is 12.9. The second-order valence-electron chi connectivity index (χ2n) is 6.29. The van der Waals surface area contributed by atoms with Crippen molar-refractivity contribution in [1.82, 2.24) is 0 Å². The van der Waals surface area contributed by atoms with E-state index in [9.17, 15) is 9.59 Å². The molecule has 0 bridgehead atoms. The van der Waals surface area contributed by atoms with E-state index in [0.29, 0.717) is 33.3 Å². The van der Waals surface area contributed by atoms with Gasteiger partial charge in [-0.05, 0) is 37.3 Å². The number of hydrogen-bond donors (Lipinski definition) is 1. The number of halogens is 1. The Labute approximate surface area is 174 Å². The van der Waals surface area contributed by atoms with Crippen LogP contribution in [0.15, 0.2) is 72.8 Å². The number of amides is 1. The summed E-state index contributed by atoms with van der Waals surface area (Å²) in [6.07, 6.45) is -0.818. The van der Waals surface area contributed by atoms with E-state index in [-0.39, 0.29) is 5.78 Å². The summed E-state index contributed by atoms with van der Waals surface area (Å²) in [5.74, 6) is 0.343. The van der Waals surface area contributed by atoms with E-state index in [4.69, 9.17) is 21.1 Å². The molecule has 1 atom stereocenters. The molecule has 29 heavy (non-hydrogen) atoms. The summed E-state index contributed by atoms with van der Waals surface area (Å²) in [4.78, 5) is 25.6. The molecule has 3 rings (SSSR count). The lowest BCUT2D eigenvalue weighted by Crippen LogP contribution is -2.30. The number of anilines is 1. The zero-order valence-electron chi connectivity index (χ0n) is 16.0. The minimum atomic E-state index is -0.818. The summed E-state index contributed by atoms with van der Waals surface area (Å²) in [7, 11) is 1.53. The minimum Gasteiger partial charge on any atom is -0.493 e. The quantitative estimate of drug-likeness (QED) is 0.558. The topological polar surface area (TPSA) is 64.6 Å². The third-order valence-corrected chi connectivity index (χ3v) is 4.50. The molecule has 1 N–H and O–H groups in total. The minimum absolute atomic E-state index is 0.235. The van der Waals surface area contributed by atoms with Crippen LogP contribution in [-0.2, 0) is 4.79 Å². The Morgan fingerprint density at radius 1 is 0.931 bits per heavy atom. The lowest BCUT2D eigenvalue weighted by Gasteiger charge is -2.18. The molecule has 148 valence electrons. The third kappa shape index (κ3) is 4.95. The van der Waals surface area contributed by atoms with Crippen LogP contribution < -0.4 is 14.8 Å². The number of rotatable bonds is 7. The van der Waals surface area contributed by atoms with Crippen molar-refractivity contribution in [2.75, 3.05) is 12.4 Å². The van der Waals surface area contributed by atoms with Crippen molar-refractivity contribution in [3.05, 3.63) is 88.9 Å². The number of para-hydroxylation sites is 2. The van der Waals surface area contributed by atoms with Gasteiger partial charge in [0, 0.05) is 16.1 Å². The van der Waals surface area contributed by atoms with Crippen LogP contribution in [0.1, 0.15) is 22.8 Å². The molecule has 1 amide bonds. The van der Waals surface area contributed by atoms with E-state index in [2.05, 4.69) is 5.32 Å². The average Bonchev–Trinajstić information content (AvgIpc) is 2.75. The molecule has 3 aromatic carbocycles. The van der Waals surface area contributed by atoms with Crippen molar-refractivity contribution in [2.45, 2.75) is 13.0 Å². The number of ether oxygens (including phenoxy) is 2. The Kier molecular flexibility index (Phi) is 6.52. The van der Waals surface area contributed by atoms with Crippen molar-refractivity contribution >= 4 is 29.0 Å². The van der Waals surface area contributed by atoms with E-state index in [1.54, 1.807) is 61.5 Å². The summed E-state index contributed by atoms with van der Waals surface area (Å²) in [6.45, 7) is 1.62. The number of methoxy groups -OCH3 is 1. The largest absolute Gasteiger partial charge is 0.493 e. The Hall–Kier alpha value is -3.31. The van der Waals surface area contributed by atoms with E-state index in [1.165, 1.54) is 13.2 Å². The maximum atomic E-state index is 12.9. The number of carbonyl (C=O) groups is 2. The average molecular weight is 410 g/mol. The molecule has 0 unspecified atom stereocenters. The fourth-order valence-corrected chi connectivity index (χ4v) is 2.92. The highest BCUT2D eigenvalue weighted by atomic mass is 35.5. The van der Waals surface area contributed by atoms with E-state index >= 15 is 0 Å². The van der Waals surface area contributed by atoms with Crippen LogP contribution in [0, 0.1) is 0 Å². The second kappa shape index (κ2) is 9.26. The first-order valence-electron chi connectivity index (χ1n) is 8.99. The van der Waals surface area contributed by atoms with Crippen LogP contribution >= 0.6 is 11.6 Å². The van der Waals surface area contributed by atoms with Crippen molar-refractivity contribution in [3.8, 4) is 11.5 Å². The summed E-state index contributed by atoms with van der Waals surface area (Å²) in [5, 5.41) is 3.17. The predicted molar refractivity (Wildman–Crippen MR) is 113 cm³/mol. The zero-order chi connectivity index (χ0) is 20.8. The number of benzene rings is 3. The summed E-state index contributed by atoms with van der Waals surface area (Å²) < 4.78 is 11.0. The maximum Gasteiger partial charge on any atom is 0.265 e. The number of nitrogens with one attached hydrogen (secondary N) is 1. The summed E-state index contributed by atoms with van der Waals surface area (Å²) in [5.41, 5.74) is 1.17. The van der Waals surface area contributed by atoms with Gasteiger partial charge < -0.3 is 14.8 Å². The van der Waals surface area contributed by atoms with Gasteiger partial charge in [0.05, 0.1) is 12.8 Å². The fraction of sp³-hybridized carbons (Fsp3) is 0.130. The first-order valence-corrected chi connectivity index (χ1v) is 9.37. The van der Waals surface area contributed by atoms with Gasteiger partial charge in [-0.1, -0.05) is 54.1 Å². The van der Waals surface area contributed by atoms with Crippen LogP contribution in [-0.4, -0.2) is 24.9 Å². The van der Waals surface area contributed by atoms with Crippen LogP contribution in [0.5, 0.6) is 11.5 Å². The summed E-state index contributed by atoms with van der Waals surface area (Å²) in [6, 6.07) is 20.6. The fourth-order valence-electron chi connectivity index (χ4n) is 2.75. The Bertz CT molecular complexity index is 1020. The second-order valence-corrected chi connectivity index (χ2v) is 6.72. The van der Waals surface area contributed by atoms with Gasteiger partial charge in [0.2, 0.25) is 0 Å². The summed E-state index contributed by atoms with van der Waals surface area (Å²) >= 11 is 6.08. The molecular formula is C23H20ClNO4. The Morgan fingerprint density at radius 2 is 1.59 bits per heavy atom. The molecule has 6 heteroatoms. The van der Waals surface area contributed by atoms with Gasteiger partial charge in [-0.25, -0.2) is 0 Å². The molecule has 0 radical (unpaired) electrons. The van der Waals surface area contributed by atoms with Crippen LogP contribution in [0.3, 0.4) is 0 Å². The van der Waals surface area contributed by atoms with Crippen molar-refractivity contribution in [2.24, 2.45) is 0 Å². The zero-order valence-corrected chi connectivity index (χ0v) is 16.8. The van der Waals surface area contributed by atoms with Crippen molar-refractivity contribution in [1.29, 1.82) is 0 Å². The smallest absolute Gasteiger partial charge is 0.265 e. The van der Waals surface area contributed by atoms with Gasteiger partial charge in [0.25, 0.3) is 5.91 Å². The van der Waals surface area contributed by atoms with E-state index in [0.717, 1.165) is 0 Å². The molecule has 0 spiro atoms. The lowest BCUT2D eigenvalue weighted by molar-refractivity contribution is -0.122. The van der Waals surface area contributed by atoms with Gasteiger partial charge in [-0.15, -0.1) is 0 Å². The van der Waals surface area contributed by atoms with Gasteiger partial charge in [0.15, 0.2) is 23.4 Å². The van der Waals surface area contributed by atoms with Gasteiger partial charge >= 0.3 is 0 Å². The van der Waals surface area contributed by atoms with Gasteiger partial charge in [-0.2, -0.15) is 0 Å². The highest BCUT2D eigenvalue weighted by Gasteiger charge is 2.20. The molecule has 0 saturated heterocycles. The first kappa shape index (κ1) is 20.4. The molecule has 3 aromatic rings. The molecule has 0 aromatic heterocycles. The van der Waals surface area contributed by atoms with Crippen LogP contribution in [0.2, 0.25) is 5.02 Å². The van der Waals surface area contributed by atoms with Crippen molar-refractivity contribution in [3.63, 3.8) is 0 Å². The molecular weight excluding hydrogens is 390 g/mol. The van der Waals surface area contributed by atoms with E-state index < -0.39 is 12.0 Å². The van der Waals surface area contributed by atoms with Crippen LogP contribution in [0.25, 0.3) is 0 Å². The highest BCUT2D eigenvalue weighted by Crippen LogP contribution is 2.28. The number of carbonyl (C=O) groups excluding carboxylic acids is 2. The number of ketones is 1. The number of hydrogen-bond acceptors (Lipinski definition) is 4. The van der Waals surface area contributed by atoms with Crippen molar-refractivity contribution < 1.29 is 19.1 Å². The predicted octanol–water partition coefficient (Wildman–Crippen LogP) is 4.99. The van der Waals surface area contributed by atoms with Gasteiger partial charge in [0.1, 0.15) is 0 Å². The van der Waals surface area contributed by atoms with E-state index in [1.807, 2.05) is 12.1 Å². The van der Waals surface area contributed by atoms with Gasteiger partial charge in [-0.3, -0.25) is 9.59 Å². The Balaban J connectivity index is 1.81. The standard InChI is InChI=1S/C23H20ClNO4/c1-15(29-21-11-7-6-10-20(21)28-2)23(27)25-19-13-12-17(24)14-18(19)22(26)16-8-4-3-5-9-16/h3-15H,1-2H3,(H,25,27)/t15-/m0/s1. The third-order valence-electron chi connectivity index (χ3n) is 4.26. The first-order chi connectivity index (χ1) is 14.0. The molecule has 0 aliphatic carbocycles. The Morgan fingerprint density at radius 3 is 2.28 bits per heavy atom. The molecule has 0 aliphatic heterocycles. The molecule has 0 saturated carbocycles. The normalized spacial score (nSPS) is 11.4. The SMILES string of the molecule is COc1ccccc1O[C@@H](C)C(=O)Nc1ccc(Cl)cc1C(=O)c1ccccc1. The monoisotopic (exact) mass is 409 g/mol. The molecule has 0 heterocycles. The molecule has 0 aliphatic rings. The molecule has 0 fully saturated rings. The highest BCUT2D eigenvalue weighted by molar-refractivity contribution is 6.31. The molecule has 5 nitrogen and oxygen atoms in total. The lowest BCUT2D eigenvalue weighted by atomic mass is 10.0. The van der Waals surface area contributed by atoms with Crippen LogP contribution in [0.4, 0.5) is 5.69 Å².